The highest BCUT2D eigenvalue weighted by Gasteiger charge is 2.35. The molecule has 166 valence electrons. The molecule has 33 heavy (non-hydrogen) atoms. The molecule has 1 aliphatic rings. The van der Waals surface area contributed by atoms with Crippen molar-refractivity contribution in [3.63, 3.8) is 0 Å². The number of anilines is 1. The zero-order valence-electron chi connectivity index (χ0n) is 18.5. The first-order valence-corrected chi connectivity index (χ1v) is 11.8. The molecule has 5 rings (SSSR count). The molecular weight excluding hydrogens is 432 g/mol. The highest BCUT2D eigenvalue weighted by atomic mass is 32.1. The summed E-state index contributed by atoms with van der Waals surface area (Å²) in [4.78, 5) is 37.6. The third kappa shape index (κ3) is 4.36. The minimum atomic E-state index is -0.290. The second-order valence-corrected chi connectivity index (χ2v) is 10.1. The van der Waals surface area contributed by atoms with E-state index in [1.165, 1.54) is 11.3 Å². The van der Waals surface area contributed by atoms with Crippen molar-refractivity contribution in [2.45, 2.75) is 33.1 Å². The number of aromatic amines is 1. The molecule has 1 amide bonds. The Morgan fingerprint density at radius 1 is 1.12 bits per heavy atom. The van der Waals surface area contributed by atoms with E-state index in [9.17, 15) is 9.59 Å². The summed E-state index contributed by atoms with van der Waals surface area (Å²) >= 11 is 1.28. The highest BCUT2D eigenvalue weighted by Crippen LogP contribution is 2.40. The van der Waals surface area contributed by atoms with Crippen LogP contribution in [0.25, 0.3) is 11.3 Å². The molecular formula is C26H24N4O2S. The molecule has 0 radical (unpaired) electrons. The van der Waals surface area contributed by atoms with Gasteiger partial charge >= 0.3 is 0 Å². The Morgan fingerprint density at radius 2 is 1.94 bits per heavy atom. The number of hydrogen-bond acceptors (Lipinski definition) is 5. The van der Waals surface area contributed by atoms with Gasteiger partial charge in [-0.2, -0.15) is 0 Å². The number of aromatic nitrogens is 3. The molecule has 0 saturated heterocycles. The van der Waals surface area contributed by atoms with Gasteiger partial charge in [0.05, 0.1) is 5.69 Å². The monoisotopic (exact) mass is 456 g/mol. The lowest BCUT2D eigenvalue weighted by atomic mass is 9.75. The SMILES string of the molecule is CC1(C)CC(=O)c2c([nH]c(-c3ccnc(NC(=O)c4nccs4)c3)c2Cc2ccccc2)C1. The Balaban J connectivity index is 1.56. The van der Waals surface area contributed by atoms with Crippen molar-refractivity contribution in [2.24, 2.45) is 5.41 Å². The van der Waals surface area contributed by atoms with E-state index in [0.717, 1.165) is 40.1 Å². The molecule has 6 nitrogen and oxygen atoms in total. The van der Waals surface area contributed by atoms with Gasteiger partial charge in [0.2, 0.25) is 0 Å². The number of benzene rings is 1. The van der Waals surface area contributed by atoms with Gasteiger partial charge in [-0.3, -0.25) is 9.59 Å². The predicted molar refractivity (Wildman–Crippen MR) is 130 cm³/mol. The molecule has 0 spiro atoms. The van der Waals surface area contributed by atoms with Gasteiger partial charge in [0, 0.05) is 47.4 Å². The number of thiazole rings is 1. The molecule has 7 heteroatoms. The average Bonchev–Trinajstić information content (AvgIpc) is 3.43. The molecule has 4 aromatic rings. The standard InChI is InChI=1S/C26H24N4O2S/c1-26(2)14-19-22(20(31)15-26)18(12-16-6-4-3-5-7-16)23(29-19)17-8-9-27-21(13-17)30-24(32)25-28-10-11-33-25/h3-11,13,29H,12,14-15H2,1-2H3,(H,27,30,32). The predicted octanol–water partition coefficient (Wildman–Crippen LogP) is 5.53. The van der Waals surface area contributed by atoms with Crippen LogP contribution in [0.1, 0.15) is 57.2 Å². The van der Waals surface area contributed by atoms with Crippen molar-refractivity contribution in [1.82, 2.24) is 15.0 Å². The summed E-state index contributed by atoms with van der Waals surface area (Å²) < 4.78 is 0. The van der Waals surface area contributed by atoms with E-state index in [2.05, 4.69) is 46.2 Å². The van der Waals surface area contributed by atoms with E-state index < -0.39 is 0 Å². The minimum absolute atomic E-state index is 0.0820. The molecule has 0 unspecified atom stereocenters. The number of Topliss-reactive ketones (excluding diaryl/α,β-unsaturated/α-hetero) is 1. The second kappa shape index (κ2) is 8.41. The van der Waals surface area contributed by atoms with Crippen LogP contribution >= 0.6 is 11.3 Å². The fraction of sp³-hybridized carbons (Fsp3) is 0.231. The van der Waals surface area contributed by atoms with Gasteiger partial charge in [-0.1, -0.05) is 44.2 Å². The van der Waals surface area contributed by atoms with Gasteiger partial charge in [-0.25, -0.2) is 9.97 Å². The summed E-state index contributed by atoms with van der Waals surface area (Å²) in [6.45, 7) is 4.26. The second-order valence-electron chi connectivity index (χ2n) is 9.16. The summed E-state index contributed by atoms with van der Waals surface area (Å²) in [7, 11) is 0. The van der Waals surface area contributed by atoms with Crippen LogP contribution in [-0.4, -0.2) is 26.6 Å². The lowest BCUT2D eigenvalue weighted by molar-refractivity contribution is 0.0910. The number of amides is 1. The smallest absolute Gasteiger partial charge is 0.285 e. The van der Waals surface area contributed by atoms with Gasteiger partial charge < -0.3 is 10.3 Å². The average molecular weight is 457 g/mol. The Morgan fingerprint density at radius 3 is 2.70 bits per heavy atom. The number of rotatable bonds is 5. The summed E-state index contributed by atoms with van der Waals surface area (Å²) in [5, 5.41) is 4.97. The van der Waals surface area contributed by atoms with E-state index in [1.807, 2.05) is 30.3 Å². The molecule has 0 aliphatic heterocycles. The molecule has 3 aromatic heterocycles. The van der Waals surface area contributed by atoms with Crippen LogP contribution in [0.5, 0.6) is 0 Å². The van der Waals surface area contributed by atoms with Crippen molar-refractivity contribution in [1.29, 1.82) is 0 Å². The number of fused-ring (bicyclic) bond motifs is 1. The third-order valence-electron chi connectivity index (χ3n) is 5.89. The van der Waals surface area contributed by atoms with Crippen LogP contribution < -0.4 is 5.32 Å². The summed E-state index contributed by atoms with van der Waals surface area (Å²) in [6, 6.07) is 13.9. The van der Waals surface area contributed by atoms with Gasteiger partial charge in [0.1, 0.15) is 5.82 Å². The van der Waals surface area contributed by atoms with Crippen molar-refractivity contribution < 1.29 is 9.59 Å². The Hall–Kier alpha value is -3.58. The number of pyridine rings is 1. The largest absolute Gasteiger partial charge is 0.358 e. The molecule has 0 bridgehead atoms. The van der Waals surface area contributed by atoms with Crippen molar-refractivity contribution in [3.05, 3.63) is 87.6 Å². The fourth-order valence-electron chi connectivity index (χ4n) is 4.51. The summed E-state index contributed by atoms with van der Waals surface area (Å²) in [6.07, 6.45) is 5.27. The number of ketones is 1. The van der Waals surface area contributed by atoms with Gasteiger partial charge in [-0.15, -0.1) is 11.3 Å². The number of carbonyl (C=O) groups excluding carboxylic acids is 2. The van der Waals surface area contributed by atoms with Crippen LogP contribution in [0, 0.1) is 5.41 Å². The van der Waals surface area contributed by atoms with Gasteiger partial charge in [0.15, 0.2) is 10.8 Å². The van der Waals surface area contributed by atoms with Crippen molar-refractivity contribution in [3.8, 4) is 11.3 Å². The quantitative estimate of drug-likeness (QED) is 0.413. The zero-order valence-corrected chi connectivity index (χ0v) is 19.3. The maximum absolute atomic E-state index is 13.2. The van der Waals surface area contributed by atoms with Crippen LogP contribution in [0.15, 0.2) is 60.2 Å². The number of nitrogens with zero attached hydrogens (tertiary/aromatic N) is 2. The normalized spacial score (nSPS) is 14.7. The molecule has 3 heterocycles. The molecule has 0 fully saturated rings. The third-order valence-corrected chi connectivity index (χ3v) is 6.67. The number of carbonyl (C=O) groups is 2. The zero-order chi connectivity index (χ0) is 23.0. The lowest BCUT2D eigenvalue weighted by Crippen LogP contribution is -2.27. The van der Waals surface area contributed by atoms with Crippen molar-refractivity contribution >= 4 is 28.8 Å². The summed E-state index contributed by atoms with van der Waals surface area (Å²) in [5.74, 6) is 0.334. The molecule has 2 N–H and O–H groups in total. The summed E-state index contributed by atoms with van der Waals surface area (Å²) in [5.41, 5.74) is 5.65. The van der Waals surface area contributed by atoms with Crippen LogP contribution in [-0.2, 0) is 12.8 Å². The first-order valence-electron chi connectivity index (χ1n) is 10.9. The highest BCUT2D eigenvalue weighted by molar-refractivity contribution is 7.11. The molecule has 1 aliphatic carbocycles. The van der Waals surface area contributed by atoms with E-state index in [-0.39, 0.29) is 17.1 Å². The van der Waals surface area contributed by atoms with E-state index in [1.54, 1.807) is 17.8 Å². The number of H-pyrrole nitrogens is 1. The maximum Gasteiger partial charge on any atom is 0.285 e. The van der Waals surface area contributed by atoms with Gasteiger partial charge in [0.25, 0.3) is 5.91 Å². The minimum Gasteiger partial charge on any atom is -0.358 e. The molecule has 0 saturated carbocycles. The van der Waals surface area contributed by atoms with E-state index in [4.69, 9.17) is 0 Å². The lowest BCUT2D eigenvalue weighted by Gasteiger charge is -2.28. The first-order chi connectivity index (χ1) is 15.9. The number of hydrogen-bond donors (Lipinski definition) is 2. The molecule has 1 aromatic carbocycles. The first kappa shape index (κ1) is 21.3. The Kier molecular flexibility index (Phi) is 5.42. The van der Waals surface area contributed by atoms with E-state index >= 15 is 0 Å². The topological polar surface area (TPSA) is 87.7 Å². The van der Waals surface area contributed by atoms with Gasteiger partial charge in [-0.05, 0) is 35.1 Å². The number of nitrogens with one attached hydrogen (secondary N) is 2. The van der Waals surface area contributed by atoms with Crippen LogP contribution in [0.4, 0.5) is 5.82 Å². The van der Waals surface area contributed by atoms with Crippen LogP contribution in [0.2, 0.25) is 0 Å². The van der Waals surface area contributed by atoms with E-state index in [0.29, 0.717) is 23.7 Å². The van der Waals surface area contributed by atoms with Crippen LogP contribution in [0.3, 0.4) is 0 Å². The molecule has 0 atom stereocenters. The van der Waals surface area contributed by atoms with Crippen molar-refractivity contribution in [2.75, 3.05) is 5.32 Å². The Bertz CT molecular complexity index is 1320. The Labute approximate surface area is 196 Å². The maximum atomic E-state index is 13.2. The fourth-order valence-corrected chi connectivity index (χ4v) is 5.04.